The van der Waals surface area contributed by atoms with Crippen LogP contribution in [0, 0.1) is 23.1 Å². The van der Waals surface area contributed by atoms with Crippen LogP contribution in [-0.4, -0.2) is 44.1 Å². The third kappa shape index (κ3) is 3.78. The van der Waals surface area contributed by atoms with Crippen LogP contribution in [0.5, 0.6) is 0 Å². The van der Waals surface area contributed by atoms with E-state index in [-0.39, 0.29) is 29.4 Å². The molecule has 1 aromatic carbocycles. The van der Waals surface area contributed by atoms with Crippen LogP contribution in [0.3, 0.4) is 0 Å². The second kappa shape index (κ2) is 7.67. The second-order valence-electron chi connectivity index (χ2n) is 6.89. The molecule has 3 aromatic rings. The lowest BCUT2D eigenvalue weighted by Crippen LogP contribution is -2.26. The van der Waals surface area contributed by atoms with Crippen molar-refractivity contribution in [1.82, 2.24) is 24.6 Å². The maximum absolute atomic E-state index is 13.2. The van der Waals surface area contributed by atoms with Crippen molar-refractivity contribution in [3.8, 4) is 11.8 Å². The van der Waals surface area contributed by atoms with Crippen molar-refractivity contribution in [2.45, 2.75) is 12.5 Å². The number of aromatic nitrogens is 4. The van der Waals surface area contributed by atoms with E-state index in [1.165, 1.54) is 24.5 Å². The molecule has 0 saturated carbocycles. The van der Waals surface area contributed by atoms with Gasteiger partial charge in [-0.2, -0.15) is 10.4 Å². The van der Waals surface area contributed by atoms with E-state index < -0.39 is 0 Å². The first kappa shape index (κ1) is 18.6. The molecular formula is C20H18FN7O. The molecule has 4 rings (SSSR count). The van der Waals surface area contributed by atoms with E-state index in [9.17, 15) is 9.18 Å². The fraction of sp³-hybridized carbons (Fsp3) is 0.250. The topological polar surface area (TPSA) is 99.7 Å². The highest BCUT2D eigenvalue weighted by Crippen LogP contribution is 2.37. The van der Waals surface area contributed by atoms with E-state index in [0.717, 1.165) is 11.3 Å². The third-order valence-corrected chi connectivity index (χ3v) is 5.04. The quantitative estimate of drug-likeness (QED) is 0.716. The molecule has 0 aliphatic carbocycles. The zero-order valence-electron chi connectivity index (χ0n) is 15.7. The molecular weight excluding hydrogens is 373 g/mol. The van der Waals surface area contributed by atoms with Crippen LogP contribution in [0.1, 0.15) is 23.7 Å². The Balaban J connectivity index is 1.52. The standard InChI is InChI=1S/C20H18FN7O/c1-27-19(29)6-13(8-24-18-11-23-16(7-22)10-25-18)20(27)14-9-26-28(12-14)17-4-2-15(21)3-5-17/h2-5,9-13,20H,6,8H2,1H3,(H,24,25)/t13-,20+/m0/s1. The predicted molar refractivity (Wildman–Crippen MR) is 102 cm³/mol. The first-order chi connectivity index (χ1) is 14.0. The van der Waals surface area contributed by atoms with Crippen molar-refractivity contribution in [3.63, 3.8) is 0 Å². The Morgan fingerprint density at radius 3 is 2.72 bits per heavy atom. The summed E-state index contributed by atoms with van der Waals surface area (Å²) in [4.78, 5) is 22.2. The molecule has 3 heterocycles. The summed E-state index contributed by atoms with van der Waals surface area (Å²) in [6, 6.07) is 7.85. The van der Waals surface area contributed by atoms with E-state index in [1.54, 1.807) is 35.0 Å². The number of hydrogen-bond acceptors (Lipinski definition) is 6. The van der Waals surface area contributed by atoms with Crippen LogP contribution < -0.4 is 5.32 Å². The van der Waals surface area contributed by atoms with E-state index in [2.05, 4.69) is 20.4 Å². The number of nitrogens with one attached hydrogen (secondary N) is 1. The van der Waals surface area contributed by atoms with Gasteiger partial charge in [0.15, 0.2) is 5.69 Å². The highest BCUT2D eigenvalue weighted by Gasteiger charge is 2.39. The largest absolute Gasteiger partial charge is 0.368 e. The molecule has 1 aliphatic heterocycles. The van der Waals surface area contributed by atoms with Crippen LogP contribution in [0.15, 0.2) is 49.1 Å². The molecule has 8 nitrogen and oxygen atoms in total. The monoisotopic (exact) mass is 391 g/mol. The van der Waals surface area contributed by atoms with E-state index in [0.29, 0.717) is 18.8 Å². The Hall–Kier alpha value is -3.80. The predicted octanol–water partition coefficient (Wildman–Crippen LogP) is 2.30. The summed E-state index contributed by atoms with van der Waals surface area (Å²) in [6.45, 7) is 0.517. The summed E-state index contributed by atoms with van der Waals surface area (Å²) in [6.07, 6.45) is 6.90. The summed E-state index contributed by atoms with van der Waals surface area (Å²) in [5.74, 6) is 0.309. The fourth-order valence-corrected chi connectivity index (χ4v) is 3.57. The number of rotatable bonds is 5. The van der Waals surface area contributed by atoms with E-state index in [1.807, 2.05) is 12.3 Å². The van der Waals surface area contributed by atoms with Crippen molar-refractivity contribution < 1.29 is 9.18 Å². The average Bonchev–Trinajstić information content (AvgIpc) is 3.32. The van der Waals surface area contributed by atoms with Gasteiger partial charge < -0.3 is 10.2 Å². The van der Waals surface area contributed by atoms with Crippen LogP contribution >= 0.6 is 0 Å². The number of nitrogens with zero attached hydrogens (tertiary/aromatic N) is 6. The third-order valence-electron chi connectivity index (χ3n) is 5.04. The summed E-state index contributed by atoms with van der Waals surface area (Å²) in [5, 5.41) is 16.4. The lowest BCUT2D eigenvalue weighted by molar-refractivity contribution is -0.127. The number of anilines is 1. The van der Waals surface area contributed by atoms with Crippen molar-refractivity contribution in [2.24, 2.45) is 5.92 Å². The Kier molecular flexibility index (Phi) is 4.91. The molecule has 2 aromatic heterocycles. The number of nitriles is 1. The Morgan fingerprint density at radius 2 is 2.03 bits per heavy atom. The van der Waals surface area contributed by atoms with Crippen molar-refractivity contribution in [3.05, 3.63) is 66.1 Å². The zero-order chi connectivity index (χ0) is 20.4. The Morgan fingerprint density at radius 1 is 1.24 bits per heavy atom. The number of carbonyl (C=O) groups excluding carboxylic acids is 1. The molecule has 146 valence electrons. The number of halogens is 1. The minimum absolute atomic E-state index is 0.0100. The molecule has 2 atom stereocenters. The molecule has 1 N–H and O–H groups in total. The van der Waals surface area contributed by atoms with Gasteiger partial charge in [0.1, 0.15) is 17.7 Å². The number of benzene rings is 1. The van der Waals surface area contributed by atoms with E-state index >= 15 is 0 Å². The number of amides is 1. The van der Waals surface area contributed by atoms with Crippen LogP contribution in [0.4, 0.5) is 10.2 Å². The SMILES string of the molecule is CN1C(=O)C[C@@H](CNc2cnc(C#N)cn2)[C@@H]1c1cnn(-c2ccc(F)cc2)c1. The molecule has 1 aliphatic rings. The fourth-order valence-electron chi connectivity index (χ4n) is 3.57. The molecule has 1 saturated heterocycles. The van der Waals surface area contributed by atoms with Gasteiger partial charge in [-0.25, -0.2) is 19.0 Å². The lowest BCUT2D eigenvalue weighted by atomic mass is 9.96. The van der Waals surface area contributed by atoms with Crippen molar-refractivity contribution in [2.75, 3.05) is 18.9 Å². The van der Waals surface area contributed by atoms with E-state index in [4.69, 9.17) is 5.26 Å². The molecule has 0 radical (unpaired) electrons. The van der Waals surface area contributed by atoms with Gasteiger partial charge in [-0.15, -0.1) is 0 Å². The molecule has 1 amide bonds. The average molecular weight is 391 g/mol. The Labute approximate surface area is 166 Å². The summed E-state index contributed by atoms with van der Waals surface area (Å²) in [5.41, 5.74) is 1.89. The maximum Gasteiger partial charge on any atom is 0.223 e. The van der Waals surface area contributed by atoms with Gasteiger partial charge in [0.2, 0.25) is 5.91 Å². The maximum atomic E-state index is 13.2. The lowest BCUT2D eigenvalue weighted by Gasteiger charge is -2.24. The molecule has 0 unspecified atom stereocenters. The molecule has 9 heteroatoms. The summed E-state index contributed by atoms with van der Waals surface area (Å²) >= 11 is 0. The number of hydrogen-bond donors (Lipinski definition) is 1. The molecule has 0 bridgehead atoms. The minimum atomic E-state index is -0.306. The first-order valence-corrected chi connectivity index (χ1v) is 9.07. The highest BCUT2D eigenvalue weighted by molar-refractivity contribution is 5.79. The summed E-state index contributed by atoms with van der Waals surface area (Å²) in [7, 11) is 1.78. The van der Waals surface area contributed by atoms with Gasteiger partial charge in [0.05, 0.1) is 30.3 Å². The van der Waals surface area contributed by atoms with Gasteiger partial charge in [-0.1, -0.05) is 0 Å². The highest BCUT2D eigenvalue weighted by atomic mass is 19.1. The van der Waals surface area contributed by atoms with Gasteiger partial charge in [0.25, 0.3) is 0 Å². The van der Waals surface area contributed by atoms with Crippen LogP contribution in [0.2, 0.25) is 0 Å². The van der Waals surface area contributed by atoms with Crippen LogP contribution in [-0.2, 0) is 4.79 Å². The molecule has 0 spiro atoms. The van der Waals surface area contributed by atoms with Gasteiger partial charge in [-0.3, -0.25) is 4.79 Å². The second-order valence-corrected chi connectivity index (χ2v) is 6.89. The molecule has 29 heavy (non-hydrogen) atoms. The van der Waals surface area contributed by atoms with Gasteiger partial charge in [-0.05, 0) is 24.3 Å². The van der Waals surface area contributed by atoms with Crippen molar-refractivity contribution >= 4 is 11.7 Å². The number of carbonyl (C=O) groups is 1. The Bertz CT molecular complexity index is 1060. The van der Waals surface area contributed by atoms with Crippen LogP contribution in [0.25, 0.3) is 5.69 Å². The zero-order valence-corrected chi connectivity index (χ0v) is 15.7. The van der Waals surface area contributed by atoms with Gasteiger partial charge in [0, 0.05) is 37.7 Å². The molecule has 1 fully saturated rings. The van der Waals surface area contributed by atoms with Crippen molar-refractivity contribution in [1.29, 1.82) is 5.26 Å². The first-order valence-electron chi connectivity index (χ1n) is 9.07. The summed E-state index contributed by atoms with van der Waals surface area (Å²) < 4.78 is 14.8. The normalized spacial score (nSPS) is 18.7. The minimum Gasteiger partial charge on any atom is -0.368 e. The van der Waals surface area contributed by atoms with Gasteiger partial charge >= 0.3 is 0 Å². The smallest absolute Gasteiger partial charge is 0.223 e. The number of likely N-dealkylation sites (tertiary alicyclic amines) is 1.